The van der Waals surface area contributed by atoms with Crippen LogP contribution in [-0.4, -0.2) is 33.5 Å². The second kappa shape index (κ2) is 7.44. The van der Waals surface area contributed by atoms with Gasteiger partial charge in [0.2, 0.25) is 0 Å². The van der Waals surface area contributed by atoms with Crippen LogP contribution in [0.4, 0.5) is 18.9 Å². The highest BCUT2D eigenvalue weighted by molar-refractivity contribution is 5.92. The number of benzene rings is 2. The number of para-hydroxylation sites is 1. The summed E-state index contributed by atoms with van der Waals surface area (Å²) in [6.07, 6.45) is -4.52. The number of esters is 1. The zero-order chi connectivity index (χ0) is 19.4. The predicted molar refractivity (Wildman–Crippen MR) is 88.6 cm³/mol. The van der Waals surface area contributed by atoms with Gasteiger partial charge < -0.3 is 10.1 Å². The molecule has 0 aliphatic heterocycles. The highest BCUT2D eigenvalue weighted by Gasteiger charge is 2.30. The third kappa shape index (κ3) is 4.60. The molecule has 0 spiro atoms. The molecule has 1 N–H and O–H groups in total. The van der Waals surface area contributed by atoms with Crippen LogP contribution in [0.1, 0.15) is 5.56 Å². The maximum absolute atomic E-state index is 12.7. The number of halogens is 3. The van der Waals surface area contributed by atoms with Crippen LogP contribution < -0.4 is 5.32 Å². The van der Waals surface area contributed by atoms with Crippen LogP contribution in [0.25, 0.3) is 11.0 Å². The fourth-order valence-corrected chi connectivity index (χ4v) is 2.32. The van der Waals surface area contributed by atoms with Crippen molar-refractivity contribution < 1.29 is 27.5 Å². The van der Waals surface area contributed by atoms with Crippen molar-refractivity contribution in [3.8, 4) is 0 Å². The lowest BCUT2D eigenvalue weighted by Crippen LogP contribution is -2.23. The molecule has 0 radical (unpaired) electrons. The van der Waals surface area contributed by atoms with E-state index in [1.807, 2.05) is 0 Å². The van der Waals surface area contributed by atoms with Crippen molar-refractivity contribution in [1.82, 2.24) is 15.0 Å². The van der Waals surface area contributed by atoms with Crippen LogP contribution in [0.15, 0.2) is 48.5 Å². The summed E-state index contributed by atoms with van der Waals surface area (Å²) in [7, 11) is 0. The second-order valence-corrected chi connectivity index (χ2v) is 5.52. The van der Waals surface area contributed by atoms with Crippen molar-refractivity contribution in [1.29, 1.82) is 0 Å². The molecule has 140 valence electrons. The molecule has 0 aliphatic rings. The summed E-state index contributed by atoms with van der Waals surface area (Å²) < 4.78 is 44.1. The number of nitrogens with one attached hydrogen (secondary N) is 1. The number of fused-ring (bicyclic) bond motifs is 1. The van der Waals surface area contributed by atoms with Crippen LogP contribution in [0.5, 0.6) is 0 Å². The van der Waals surface area contributed by atoms with Gasteiger partial charge in [0.05, 0.1) is 11.1 Å². The van der Waals surface area contributed by atoms with E-state index < -0.39 is 30.2 Å². The summed E-state index contributed by atoms with van der Waals surface area (Å²) in [6.45, 7) is -0.890. The van der Waals surface area contributed by atoms with Gasteiger partial charge in [-0.3, -0.25) is 9.59 Å². The molecule has 1 aromatic heterocycles. The van der Waals surface area contributed by atoms with Gasteiger partial charge in [-0.25, -0.2) is 4.68 Å². The lowest BCUT2D eigenvalue weighted by Gasteiger charge is -2.10. The Balaban J connectivity index is 1.54. The second-order valence-electron chi connectivity index (χ2n) is 5.52. The lowest BCUT2D eigenvalue weighted by molar-refractivity contribution is -0.148. The number of ether oxygens (including phenoxy) is 1. The van der Waals surface area contributed by atoms with Crippen molar-refractivity contribution in [2.45, 2.75) is 12.7 Å². The first-order valence-electron chi connectivity index (χ1n) is 7.74. The molecule has 0 saturated carbocycles. The Morgan fingerprint density at radius 1 is 1.11 bits per heavy atom. The SMILES string of the molecule is O=C(COC(=O)Cn1nnc2ccccc21)Nc1cccc(C(F)(F)F)c1. The number of amides is 1. The van der Waals surface area contributed by atoms with E-state index >= 15 is 0 Å². The molecular weight excluding hydrogens is 365 g/mol. The minimum absolute atomic E-state index is 0.0480. The summed E-state index contributed by atoms with van der Waals surface area (Å²) in [5, 5.41) is 9.95. The molecule has 27 heavy (non-hydrogen) atoms. The maximum atomic E-state index is 12.7. The van der Waals surface area contributed by atoms with Gasteiger partial charge in [0.15, 0.2) is 6.61 Å². The molecule has 0 aliphatic carbocycles. The van der Waals surface area contributed by atoms with E-state index in [9.17, 15) is 22.8 Å². The molecule has 1 heterocycles. The summed E-state index contributed by atoms with van der Waals surface area (Å²) in [5.74, 6) is -1.49. The zero-order valence-corrected chi connectivity index (χ0v) is 13.7. The van der Waals surface area contributed by atoms with Crippen LogP contribution in [0.3, 0.4) is 0 Å². The van der Waals surface area contributed by atoms with Gasteiger partial charge in [0.1, 0.15) is 12.1 Å². The highest BCUT2D eigenvalue weighted by atomic mass is 19.4. The number of anilines is 1. The number of nitrogens with zero attached hydrogens (tertiary/aromatic N) is 3. The quantitative estimate of drug-likeness (QED) is 0.690. The topological polar surface area (TPSA) is 86.1 Å². The molecule has 1 amide bonds. The van der Waals surface area contributed by atoms with E-state index in [0.29, 0.717) is 11.0 Å². The largest absolute Gasteiger partial charge is 0.454 e. The highest BCUT2D eigenvalue weighted by Crippen LogP contribution is 2.30. The first-order valence-corrected chi connectivity index (χ1v) is 7.74. The van der Waals surface area contributed by atoms with E-state index in [4.69, 9.17) is 4.74 Å². The number of aromatic nitrogens is 3. The van der Waals surface area contributed by atoms with Gasteiger partial charge in [-0.1, -0.05) is 23.4 Å². The van der Waals surface area contributed by atoms with Crippen molar-refractivity contribution in [2.24, 2.45) is 0 Å². The van der Waals surface area contributed by atoms with Gasteiger partial charge in [-0.2, -0.15) is 13.2 Å². The molecule has 7 nitrogen and oxygen atoms in total. The number of carbonyl (C=O) groups is 2. The monoisotopic (exact) mass is 378 g/mol. The molecule has 0 unspecified atom stereocenters. The molecule has 10 heteroatoms. The summed E-state index contributed by atoms with van der Waals surface area (Å²) in [5.41, 5.74) is 0.291. The number of hydrogen-bond donors (Lipinski definition) is 1. The normalized spacial score (nSPS) is 11.4. The van der Waals surface area contributed by atoms with Gasteiger partial charge in [-0.15, -0.1) is 5.10 Å². The Morgan fingerprint density at radius 3 is 2.67 bits per heavy atom. The zero-order valence-electron chi connectivity index (χ0n) is 13.7. The number of hydrogen-bond acceptors (Lipinski definition) is 5. The Kier molecular flexibility index (Phi) is 5.06. The molecule has 0 saturated heterocycles. The van der Waals surface area contributed by atoms with Crippen LogP contribution in [0, 0.1) is 0 Å². The number of carbonyl (C=O) groups excluding carboxylic acids is 2. The lowest BCUT2D eigenvalue weighted by atomic mass is 10.2. The Labute approximate surface area is 150 Å². The first kappa shape index (κ1) is 18.4. The first-order chi connectivity index (χ1) is 12.8. The molecule has 0 atom stereocenters. The average Bonchev–Trinajstić information content (AvgIpc) is 3.03. The maximum Gasteiger partial charge on any atom is 0.416 e. The molecule has 2 aromatic carbocycles. The van der Waals surface area contributed by atoms with Crippen molar-refractivity contribution in [2.75, 3.05) is 11.9 Å². The predicted octanol–water partition coefficient (Wildman–Crippen LogP) is 2.63. The van der Waals surface area contributed by atoms with E-state index in [1.165, 1.54) is 16.8 Å². The molecule has 0 bridgehead atoms. The Morgan fingerprint density at radius 2 is 1.89 bits per heavy atom. The van der Waals surface area contributed by atoms with E-state index in [0.717, 1.165) is 12.1 Å². The third-order valence-electron chi connectivity index (χ3n) is 3.54. The van der Waals surface area contributed by atoms with E-state index in [-0.39, 0.29) is 12.2 Å². The van der Waals surface area contributed by atoms with Gasteiger partial charge in [0.25, 0.3) is 5.91 Å². The molecule has 3 aromatic rings. The van der Waals surface area contributed by atoms with Crippen molar-refractivity contribution in [3.05, 3.63) is 54.1 Å². The Bertz CT molecular complexity index is 985. The van der Waals surface area contributed by atoms with Gasteiger partial charge in [0, 0.05) is 5.69 Å². The number of alkyl halides is 3. The molecular formula is C17H13F3N4O3. The fraction of sp³-hybridized carbons (Fsp3) is 0.176. The fourth-order valence-electron chi connectivity index (χ4n) is 2.32. The number of rotatable bonds is 5. The summed E-state index contributed by atoms with van der Waals surface area (Å²) in [6, 6.07) is 11.1. The summed E-state index contributed by atoms with van der Waals surface area (Å²) >= 11 is 0. The average molecular weight is 378 g/mol. The van der Waals surface area contributed by atoms with Crippen LogP contribution >= 0.6 is 0 Å². The van der Waals surface area contributed by atoms with E-state index in [2.05, 4.69) is 15.6 Å². The van der Waals surface area contributed by atoms with E-state index in [1.54, 1.807) is 24.3 Å². The van der Waals surface area contributed by atoms with Gasteiger partial charge >= 0.3 is 12.1 Å². The third-order valence-corrected chi connectivity index (χ3v) is 3.54. The minimum atomic E-state index is -4.52. The Hall–Kier alpha value is -3.43. The minimum Gasteiger partial charge on any atom is -0.454 e. The van der Waals surface area contributed by atoms with Crippen molar-refractivity contribution >= 4 is 28.6 Å². The van der Waals surface area contributed by atoms with Crippen molar-refractivity contribution in [3.63, 3.8) is 0 Å². The molecule has 3 rings (SSSR count). The van der Waals surface area contributed by atoms with Crippen LogP contribution in [-0.2, 0) is 27.0 Å². The smallest absolute Gasteiger partial charge is 0.416 e. The molecule has 0 fully saturated rings. The summed E-state index contributed by atoms with van der Waals surface area (Å²) in [4.78, 5) is 23.6. The standard InChI is InChI=1S/C17H13F3N4O3/c18-17(19,20)11-4-3-5-12(8-11)21-15(25)10-27-16(26)9-24-14-7-2-1-6-13(14)22-23-24/h1-8H,9-10H2,(H,21,25). The van der Waals surface area contributed by atoms with Gasteiger partial charge in [-0.05, 0) is 30.3 Å². The van der Waals surface area contributed by atoms with Crippen LogP contribution in [0.2, 0.25) is 0 Å².